The van der Waals surface area contributed by atoms with Crippen molar-refractivity contribution in [3.8, 4) is 0 Å². The minimum atomic E-state index is -0.819. The predicted molar refractivity (Wildman–Crippen MR) is 54.2 cm³/mol. The molecule has 3 unspecified atom stereocenters. The van der Waals surface area contributed by atoms with Gasteiger partial charge < -0.3 is 5.11 Å². The van der Waals surface area contributed by atoms with E-state index in [2.05, 4.69) is 0 Å². The third-order valence-corrected chi connectivity index (χ3v) is 3.82. The molecule has 2 amide bonds. The number of hydrogen-bond acceptors (Lipinski definition) is 3. The fourth-order valence-electron chi connectivity index (χ4n) is 2.44. The molecule has 1 saturated heterocycles. The van der Waals surface area contributed by atoms with Crippen molar-refractivity contribution in [3.63, 3.8) is 0 Å². The number of imide groups is 1. The number of likely N-dealkylation sites (tertiary alicyclic amines) is 1. The van der Waals surface area contributed by atoms with E-state index < -0.39 is 6.10 Å². The van der Waals surface area contributed by atoms with Crippen molar-refractivity contribution < 1.29 is 14.7 Å². The normalized spacial score (nSPS) is 34.3. The molecule has 5 heteroatoms. The second kappa shape index (κ2) is 3.19. The second-order valence-electron chi connectivity index (χ2n) is 4.87. The number of halogens is 1. The Morgan fingerprint density at radius 3 is 2.27 bits per heavy atom. The molecule has 0 spiro atoms. The molecule has 15 heavy (non-hydrogen) atoms. The van der Waals surface area contributed by atoms with Crippen molar-refractivity contribution >= 4 is 23.4 Å². The van der Waals surface area contributed by atoms with E-state index >= 15 is 0 Å². The van der Waals surface area contributed by atoms with Gasteiger partial charge in [-0.3, -0.25) is 14.5 Å². The second-order valence-corrected chi connectivity index (χ2v) is 5.18. The molecular weight excluding hydrogens is 218 g/mol. The van der Waals surface area contributed by atoms with E-state index in [-0.39, 0.29) is 41.5 Å². The van der Waals surface area contributed by atoms with Gasteiger partial charge in [-0.2, -0.15) is 0 Å². The number of hydrogen-bond donors (Lipinski definition) is 1. The number of nitrogens with zero attached hydrogens (tertiary/aromatic N) is 1. The zero-order chi connectivity index (χ0) is 11.4. The van der Waals surface area contributed by atoms with Crippen molar-refractivity contribution in [2.45, 2.75) is 20.0 Å². The van der Waals surface area contributed by atoms with Gasteiger partial charge in [0.15, 0.2) is 0 Å². The summed E-state index contributed by atoms with van der Waals surface area (Å²) in [6, 6.07) is 0. The number of β-amino-alcohol motifs (C(OH)–C–C–N with tert-alkyl or cyclic N) is 1. The zero-order valence-electron chi connectivity index (χ0n) is 8.74. The number of amides is 2. The number of fused-ring (bicyclic) bond motifs is 1. The molecule has 2 aliphatic rings. The van der Waals surface area contributed by atoms with Crippen LogP contribution in [0.1, 0.15) is 13.8 Å². The van der Waals surface area contributed by atoms with E-state index in [1.54, 1.807) is 0 Å². The summed E-state index contributed by atoms with van der Waals surface area (Å²) in [4.78, 5) is 24.7. The van der Waals surface area contributed by atoms with Crippen LogP contribution in [0.15, 0.2) is 0 Å². The third-order valence-electron chi connectivity index (χ3n) is 3.46. The maximum atomic E-state index is 11.8. The molecule has 3 atom stereocenters. The molecule has 2 rings (SSSR count). The van der Waals surface area contributed by atoms with Crippen molar-refractivity contribution in [3.05, 3.63) is 0 Å². The molecule has 0 radical (unpaired) electrons. The fraction of sp³-hybridized carbons (Fsp3) is 0.800. The maximum absolute atomic E-state index is 11.8. The van der Waals surface area contributed by atoms with E-state index in [1.807, 2.05) is 13.8 Å². The van der Waals surface area contributed by atoms with Crippen LogP contribution in [0.3, 0.4) is 0 Å². The van der Waals surface area contributed by atoms with Crippen LogP contribution < -0.4 is 0 Å². The van der Waals surface area contributed by atoms with Crippen LogP contribution in [0.5, 0.6) is 0 Å². The van der Waals surface area contributed by atoms with E-state index in [9.17, 15) is 14.7 Å². The minimum Gasteiger partial charge on any atom is -0.390 e. The Kier molecular flexibility index (Phi) is 2.32. The summed E-state index contributed by atoms with van der Waals surface area (Å²) in [5, 5.41) is 9.31. The lowest BCUT2D eigenvalue weighted by Gasteiger charge is -2.22. The summed E-state index contributed by atoms with van der Waals surface area (Å²) in [5.41, 5.74) is -0.184. The van der Waals surface area contributed by atoms with Gasteiger partial charge in [0, 0.05) is 0 Å². The smallest absolute Gasteiger partial charge is 0.233 e. The first-order valence-electron chi connectivity index (χ1n) is 5.00. The number of carbonyl (C=O) groups is 2. The Morgan fingerprint density at radius 2 is 1.87 bits per heavy atom. The predicted octanol–water partition coefficient (Wildman–Crippen LogP) is 0.227. The molecule has 0 aromatic carbocycles. The SMILES string of the molecule is CC1(C)C2C(=O)N(CC(O)CCl)C(=O)C21. The third kappa shape index (κ3) is 1.39. The number of rotatable bonds is 3. The van der Waals surface area contributed by atoms with Gasteiger partial charge in [0.1, 0.15) is 0 Å². The van der Waals surface area contributed by atoms with E-state index in [0.29, 0.717) is 0 Å². The van der Waals surface area contributed by atoms with Crippen LogP contribution in [-0.4, -0.2) is 40.3 Å². The highest BCUT2D eigenvalue weighted by Gasteiger charge is 2.72. The summed E-state index contributed by atoms with van der Waals surface area (Å²) in [6.07, 6.45) is -0.819. The van der Waals surface area contributed by atoms with Crippen LogP contribution in [0.25, 0.3) is 0 Å². The van der Waals surface area contributed by atoms with Crippen molar-refractivity contribution in [1.29, 1.82) is 0 Å². The van der Waals surface area contributed by atoms with Crippen LogP contribution in [0.2, 0.25) is 0 Å². The summed E-state index contributed by atoms with van der Waals surface area (Å²) >= 11 is 5.43. The van der Waals surface area contributed by atoms with Gasteiger partial charge in [-0.15, -0.1) is 11.6 Å². The highest BCUT2D eigenvalue weighted by molar-refractivity contribution is 6.18. The molecule has 1 N–H and O–H groups in total. The molecule has 84 valence electrons. The van der Waals surface area contributed by atoms with E-state index in [0.717, 1.165) is 4.90 Å². The monoisotopic (exact) mass is 231 g/mol. The standard InChI is InChI=1S/C10H14ClNO3/c1-10(2)6-7(10)9(15)12(8(6)14)4-5(13)3-11/h5-7,13H,3-4H2,1-2H3. The Bertz CT molecular complexity index is 305. The van der Waals surface area contributed by atoms with Crippen molar-refractivity contribution in [1.82, 2.24) is 4.90 Å². The number of piperidine rings is 1. The van der Waals surface area contributed by atoms with Crippen LogP contribution in [0, 0.1) is 17.3 Å². The highest BCUT2D eigenvalue weighted by Crippen LogP contribution is 2.63. The molecule has 2 fully saturated rings. The molecule has 0 aromatic rings. The molecular formula is C10H14ClNO3. The lowest BCUT2D eigenvalue weighted by molar-refractivity contribution is -0.144. The van der Waals surface area contributed by atoms with Crippen molar-refractivity contribution in [2.75, 3.05) is 12.4 Å². The van der Waals surface area contributed by atoms with E-state index in [4.69, 9.17) is 11.6 Å². The van der Waals surface area contributed by atoms with E-state index in [1.165, 1.54) is 0 Å². The Labute approximate surface area is 93.2 Å². The summed E-state index contributed by atoms with van der Waals surface area (Å²) in [5.74, 6) is -0.617. The van der Waals surface area contributed by atoms with Gasteiger partial charge in [0.2, 0.25) is 11.8 Å². The molecule has 1 aliphatic carbocycles. The minimum absolute atomic E-state index is 0.0320. The lowest BCUT2D eigenvalue weighted by atomic mass is 10.1. The van der Waals surface area contributed by atoms with Gasteiger partial charge in [-0.1, -0.05) is 13.8 Å². The first-order chi connectivity index (χ1) is 6.91. The summed E-state index contributed by atoms with van der Waals surface area (Å²) in [7, 11) is 0. The molecule has 1 saturated carbocycles. The largest absolute Gasteiger partial charge is 0.390 e. The molecule has 4 nitrogen and oxygen atoms in total. The maximum Gasteiger partial charge on any atom is 0.233 e. The van der Waals surface area contributed by atoms with Gasteiger partial charge in [0.25, 0.3) is 0 Å². The van der Waals surface area contributed by atoms with Gasteiger partial charge >= 0.3 is 0 Å². The number of aliphatic hydroxyl groups excluding tert-OH is 1. The Morgan fingerprint density at radius 1 is 1.40 bits per heavy atom. The summed E-state index contributed by atoms with van der Waals surface area (Å²) in [6.45, 7) is 3.88. The molecule has 1 aliphatic heterocycles. The molecule has 0 aromatic heterocycles. The molecule has 1 heterocycles. The topological polar surface area (TPSA) is 57.6 Å². The highest BCUT2D eigenvalue weighted by atomic mass is 35.5. The first kappa shape index (κ1) is 10.9. The number of aliphatic hydroxyl groups is 1. The number of carbonyl (C=O) groups excluding carboxylic acids is 2. The van der Waals surface area contributed by atoms with Crippen molar-refractivity contribution in [2.24, 2.45) is 17.3 Å². The fourth-order valence-corrected chi connectivity index (χ4v) is 2.54. The average molecular weight is 232 g/mol. The average Bonchev–Trinajstić information content (AvgIpc) is 2.64. The van der Waals surface area contributed by atoms with Crippen LogP contribution in [-0.2, 0) is 9.59 Å². The quantitative estimate of drug-likeness (QED) is 0.559. The molecule has 0 bridgehead atoms. The van der Waals surface area contributed by atoms with Crippen LogP contribution in [0.4, 0.5) is 0 Å². The lowest BCUT2D eigenvalue weighted by Crippen LogP contribution is -2.41. The summed E-state index contributed by atoms with van der Waals surface area (Å²) < 4.78 is 0. The van der Waals surface area contributed by atoms with Gasteiger partial charge in [0.05, 0.1) is 30.4 Å². The Hall–Kier alpha value is -0.610. The zero-order valence-corrected chi connectivity index (χ0v) is 9.49. The number of alkyl halides is 1. The van der Waals surface area contributed by atoms with Gasteiger partial charge in [-0.05, 0) is 5.41 Å². The van der Waals surface area contributed by atoms with Crippen LogP contribution >= 0.6 is 11.6 Å². The van der Waals surface area contributed by atoms with Gasteiger partial charge in [-0.25, -0.2) is 0 Å². The Balaban J connectivity index is 2.08. The first-order valence-corrected chi connectivity index (χ1v) is 5.54.